The Bertz CT molecular complexity index is 1180. The van der Waals surface area contributed by atoms with Gasteiger partial charge in [0.1, 0.15) is 0 Å². The summed E-state index contributed by atoms with van der Waals surface area (Å²) >= 11 is 0. The Morgan fingerprint density at radius 1 is 0.400 bits per heavy atom. The highest BCUT2D eigenvalue weighted by molar-refractivity contribution is 5.93. The second kappa shape index (κ2) is 8.97. The number of rotatable bonds is 6. The van der Waals surface area contributed by atoms with Crippen LogP contribution in [0.4, 0.5) is 0 Å². The van der Waals surface area contributed by atoms with E-state index < -0.39 is 0 Å². The molecule has 0 N–H and O–H groups in total. The third-order valence-corrected chi connectivity index (χ3v) is 5.08. The van der Waals surface area contributed by atoms with Crippen LogP contribution in [0.15, 0.2) is 84.9 Å². The van der Waals surface area contributed by atoms with Crippen LogP contribution in [0, 0.1) is 0 Å². The molecule has 4 rings (SSSR count). The maximum absolute atomic E-state index is 11.3. The van der Waals surface area contributed by atoms with Crippen molar-refractivity contribution in [1.82, 2.24) is 0 Å². The molecule has 0 aliphatic rings. The molecule has 0 fully saturated rings. The van der Waals surface area contributed by atoms with Gasteiger partial charge in [0.2, 0.25) is 0 Å². The smallest absolute Gasteiger partial charge is 0.150 e. The van der Waals surface area contributed by atoms with E-state index in [4.69, 9.17) is 0 Å². The number of carbonyl (C=O) groups is 2. The minimum absolute atomic E-state index is 0.659. The molecule has 0 atom stereocenters. The van der Waals surface area contributed by atoms with Gasteiger partial charge >= 0.3 is 0 Å². The molecule has 144 valence electrons. The lowest BCUT2D eigenvalue weighted by Crippen LogP contribution is -1.87. The third kappa shape index (κ3) is 4.18. The molecule has 0 spiro atoms. The third-order valence-electron chi connectivity index (χ3n) is 5.08. The van der Waals surface area contributed by atoms with Gasteiger partial charge in [-0.1, -0.05) is 97.1 Å². The maximum atomic E-state index is 11.3. The van der Waals surface area contributed by atoms with E-state index >= 15 is 0 Å². The van der Waals surface area contributed by atoms with Gasteiger partial charge in [-0.2, -0.15) is 0 Å². The largest absolute Gasteiger partial charge is 0.298 e. The van der Waals surface area contributed by atoms with Gasteiger partial charge in [0.25, 0.3) is 0 Å². The number of carbonyl (C=O) groups excluding carboxylic acids is 2. The number of hydrogen-bond donors (Lipinski definition) is 0. The summed E-state index contributed by atoms with van der Waals surface area (Å²) in [6, 6.07) is 27.5. The standard InChI is InChI=1S/C28H20O2/c29-19-27-11-5-1-7-21(27)13-15-25-17-23-9-3-4-10-24(23)18-26(25)16-14-22-8-2-6-12-28(22)20-30/h1-20H/b15-13+,16-14+. The summed E-state index contributed by atoms with van der Waals surface area (Å²) in [5, 5.41) is 2.29. The van der Waals surface area contributed by atoms with E-state index in [-0.39, 0.29) is 0 Å². The summed E-state index contributed by atoms with van der Waals surface area (Å²) < 4.78 is 0. The predicted octanol–water partition coefficient (Wildman–Crippen LogP) is 6.81. The molecule has 0 saturated carbocycles. The second-order valence-corrected chi connectivity index (χ2v) is 6.99. The monoisotopic (exact) mass is 388 g/mol. The van der Waals surface area contributed by atoms with E-state index in [0.717, 1.165) is 45.6 Å². The van der Waals surface area contributed by atoms with Crippen LogP contribution in [0.3, 0.4) is 0 Å². The van der Waals surface area contributed by atoms with Crippen molar-refractivity contribution in [2.45, 2.75) is 0 Å². The van der Waals surface area contributed by atoms with Crippen LogP contribution < -0.4 is 0 Å². The van der Waals surface area contributed by atoms with Crippen molar-refractivity contribution < 1.29 is 9.59 Å². The summed E-state index contributed by atoms with van der Waals surface area (Å²) in [6.07, 6.45) is 9.73. The second-order valence-electron chi connectivity index (χ2n) is 6.99. The number of fused-ring (bicyclic) bond motifs is 1. The van der Waals surface area contributed by atoms with Crippen LogP contribution >= 0.6 is 0 Å². The van der Waals surface area contributed by atoms with Gasteiger partial charge in [-0.3, -0.25) is 9.59 Å². The normalized spacial score (nSPS) is 11.3. The lowest BCUT2D eigenvalue weighted by atomic mass is 9.98. The van der Waals surface area contributed by atoms with Crippen LogP contribution in [0.2, 0.25) is 0 Å². The van der Waals surface area contributed by atoms with Crippen LogP contribution in [0.1, 0.15) is 43.0 Å². The number of aldehydes is 2. The van der Waals surface area contributed by atoms with Gasteiger partial charge in [0, 0.05) is 11.1 Å². The zero-order chi connectivity index (χ0) is 20.8. The molecule has 0 aliphatic heterocycles. The molecule has 30 heavy (non-hydrogen) atoms. The van der Waals surface area contributed by atoms with Crippen molar-refractivity contribution in [1.29, 1.82) is 0 Å². The van der Waals surface area contributed by atoms with Crippen molar-refractivity contribution in [2.75, 3.05) is 0 Å². The minimum Gasteiger partial charge on any atom is -0.298 e. The number of benzene rings is 4. The van der Waals surface area contributed by atoms with E-state index in [1.165, 1.54) is 0 Å². The van der Waals surface area contributed by atoms with Crippen molar-refractivity contribution in [3.8, 4) is 0 Å². The van der Waals surface area contributed by atoms with Gasteiger partial charge in [-0.25, -0.2) is 0 Å². The van der Waals surface area contributed by atoms with Crippen LogP contribution in [-0.4, -0.2) is 12.6 Å². The Labute approximate surface area is 175 Å². The molecular formula is C28H20O2. The van der Waals surface area contributed by atoms with Gasteiger partial charge in [-0.05, 0) is 45.2 Å². The molecule has 4 aromatic carbocycles. The van der Waals surface area contributed by atoms with Crippen molar-refractivity contribution >= 4 is 47.6 Å². The summed E-state index contributed by atoms with van der Waals surface area (Å²) in [5.74, 6) is 0. The average Bonchev–Trinajstić information content (AvgIpc) is 2.81. The van der Waals surface area contributed by atoms with Gasteiger partial charge in [-0.15, -0.1) is 0 Å². The summed E-state index contributed by atoms with van der Waals surface area (Å²) in [5.41, 5.74) is 5.14. The first-order valence-corrected chi connectivity index (χ1v) is 9.76. The van der Waals surface area contributed by atoms with E-state index in [2.05, 4.69) is 24.3 Å². The van der Waals surface area contributed by atoms with Crippen molar-refractivity contribution in [3.05, 3.63) is 118 Å². The van der Waals surface area contributed by atoms with Crippen LogP contribution in [0.25, 0.3) is 35.1 Å². The predicted molar refractivity (Wildman–Crippen MR) is 125 cm³/mol. The first-order valence-electron chi connectivity index (χ1n) is 9.76. The molecule has 0 bridgehead atoms. The van der Waals surface area contributed by atoms with E-state index in [1.807, 2.05) is 85.0 Å². The Balaban J connectivity index is 1.80. The first-order chi connectivity index (χ1) is 14.8. The van der Waals surface area contributed by atoms with E-state index in [0.29, 0.717) is 11.1 Å². The Hall–Kier alpha value is -4.04. The fraction of sp³-hybridized carbons (Fsp3) is 0. The van der Waals surface area contributed by atoms with Gasteiger partial charge in [0.15, 0.2) is 12.6 Å². The molecule has 0 unspecified atom stereocenters. The molecule has 0 aliphatic carbocycles. The molecule has 0 heterocycles. The molecule has 2 heteroatoms. The minimum atomic E-state index is 0.659. The summed E-state index contributed by atoms with van der Waals surface area (Å²) in [7, 11) is 0. The van der Waals surface area contributed by atoms with E-state index in [9.17, 15) is 9.59 Å². The summed E-state index contributed by atoms with van der Waals surface area (Å²) in [6.45, 7) is 0. The Kier molecular flexibility index (Phi) is 5.77. The Morgan fingerprint density at radius 3 is 1.13 bits per heavy atom. The Morgan fingerprint density at radius 2 is 0.733 bits per heavy atom. The highest BCUT2D eigenvalue weighted by atomic mass is 16.1. The maximum Gasteiger partial charge on any atom is 0.150 e. The highest BCUT2D eigenvalue weighted by Crippen LogP contribution is 2.25. The molecule has 0 radical (unpaired) electrons. The fourth-order valence-corrected chi connectivity index (χ4v) is 3.46. The zero-order valence-electron chi connectivity index (χ0n) is 16.4. The lowest BCUT2D eigenvalue weighted by molar-refractivity contribution is 0.111. The number of hydrogen-bond acceptors (Lipinski definition) is 2. The van der Waals surface area contributed by atoms with Crippen LogP contribution in [-0.2, 0) is 0 Å². The van der Waals surface area contributed by atoms with Gasteiger partial charge < -0.3 is 0 Å². The molecule has 0 amide bonds. The summed E-state index contributed by atoms with van der Waals surface area (Å²) in [4.78, 5) is 22.7. The van der Waals surface area contributed by atoms with Gasteiger partial charge in [0.05, 0.1) is 0 Å². The average molecular weight is 388 g/mol. The van der Waals surface area contributed by atoms with Crippen molar-refractivity contribution in [3.63, 3.8) is 0 Å². The molecule has 4 aromatic rings. The highest BCUT2D eigenvalue weighted by Gasteiger charge is 2.03. The van der Waals surface area contributed by atoms with Crippen LogP contribution in [0.5, 0.6) is 0 Å². The quantitative estimate of drug-likeness (QED) is 0.269. The SMILES string of the molecule is O=Cc1ccccc1/C=C/c1cc2ccccc2cc1/C=C/c1ccccc1C=O. The molecule has 2 nitrogen and oxygen atoms in total. The topological polar surface area (TPSA) is 34.1 Å². The zero-order valence-corrected chi connectivity index (χ0v) is 16.4. The van der Waals surface area contributed by atoms with E-state index in [1.54, 1.807) is 0 Å². The molecule has 0 aromatic heterocycles. The molecular weight excluding hydrogens is 368 g/mol. The first kappa shape index (κ1) is 19.3. The fourth-order valence-electron chi connectivity index (χ4n) is 3.46. The molecule has 0 saturated heterocycles. The van der Waals surface area contributed by atoms with Crippen molar-refractivity contribution in [2.24, 2.45) is 0 Å². The lowest BCUT2D eigenvalue weighted by Gasteiger charge is -2.07.